The van der Waals surface area contributed by atoms with Crippen LogP contribution in [0.4, 0.5) is 0 Å². The molecule has 24 heavy (non-hydrogen) atoms. The molecule has 1 unspecified atom stereocenters. The molecule has 4 heteroatoms. The zero-order valence-corrected chi connectivity index (χ0v) is 16.0. The van der Waals surface area contributed by atoms with Gasteiger partial charge in [0.1, 0.15) is 0 Å². The van der Waals surface area contributed by atoms with Crippen LogP contribution in [0.1, 0.15) is 65.7 Å². The number of hydrogen-bond donors (Lipinski definition) is 0. The molecular weight excluding hydrogens is 302 g/mol. The van der Waals surface area contributed by atoms with Crippen molar-refractivity contribution in [3.63, 3.8) is 0 Å². The fourth-order valence-electron chi connectivity index (χ4n) is 4.33. The highest BCUT2D eigenvalue weighted by Crippen LogP contribution is 2.47. The van der Waals surface area contributed by atoms with Crippen molar-refractivity contribution in [3.8, 4) is 12.3 Å². The largest absolute Gasteiger partial charge is 0.347 e. The maximum Gasteiger partial charge on any atom is 0.168 e. The van der Waals surface area contributed by atoms with Crippen LogP contribution in [-0.2, 0) is 14.3 Å². The van der Waals surface area contributed by atoms with Gasteiger partial charge < -0.3 is 14.3 Å². The maximum atomic E-state index is 6.33. The van der Waals surface area contributed by atoms with Gasteiger partial charge in [-0.2, -0.15) is 5.06 Å². The number of terminal acetylenes is 1. The summed E-state index contributed by atoms with van der Waals surface area (Å²) in [6.07, 6.45) is 13.4. The molecule has 2 fully saturated rings. The van der Waals surface area contributed by atoms with Crippen LogP contribution < -0.4 is 0 Å². The highest BCUT2D eigenvalue weighted by Gasteiger charge is 2.46. The molecule has 1 heterocycles. The molecule has 0 aromatic heterocycles. The van der Waals surface area contributed by atoms with Crippen molar-refractivity contribution in [1.29, 1.82) is 0 Å². The van der Waals surface area contributed by atoms with Crippen molar-refractivity contribution >= 4 is 0 Å². The lowest BCUT2D eigenvalue weighted by molar-refractivity contribution is -0.199. The van der Waals surface area contributed by atoms with Gasteiger partial charge in [0.15, 0.2) is 5.79 Å². The van der Waals surface area contributed by atoms with E-state index in [0.29, 0.717) is 18.6 Å². The van der Waals surface area contributed by atoms with Crippen LogP contribution >= 0.6 is 0 Å². The van der Waals surface area contributed by atoms with Gasteiger partial charge >= 0.3 is 0 Å². The third kappa shape index (κ3) is 4.95. The second-order valence-electron chi connectivity index (χ2n) is 8.01. The minimum atomic E-state index is -0.326. The van der Waals surface area contributed by atoms with Gasteiger partial charge in [-0.25, -0.2) is 0 Å². The number of ether oxygens (including phenoxy) is 2. The predicted octanol–water partition coefficient (Wildman–Crippen LogP) is 4.00. The maximum absolute atomic E-state index is 6.33. The third-order valence-electron chi connectivity index (χ3n) is 5.89. The third-order valence-corrected chi connectivity index (χ3v) is 5.89. The Balaban J connectivity index is 1.78. The van der Waals surface area contributed by atoms with Gasteiger partial charge in [-0.05, 0) is 37.0 Å². The van der Waals surface area contributed by atoms with E-state index in [4.69, 9.17) is 20.7 Å². The molecule has 1 aliphatic heterocycles. The molecule has 0 N–H and O–H groups in total. The standard InChI is InChI=1S/C20H35NO3/c1-6-11-19(3,4)17-8-12-20(13-9-17)23-16-18(24-20)10-15-21(22-5)14-7-2/h2,17-18H,6,8-16H2,1,3-5H3. The van der Waals surface area contributed by atoms with E-state index in [2.05, 4.69) is 26.7 Å². The summed E-state index contributed by atoms with van der Waals surface area (Å²) in [5.41, 5.74) is 0.433. The first-order valence-electron chi connectivity index (χ1n) is 9.49. The van der Waals surface area contributed by atoms with Crippen LogP contribution in [-0.4, -0.2) is 43.8 Å². The zero-order chi connectivity index (χ0) is 17.6. The van der Waals surface area contributed by atoms with Crippen LogP contribution in [0.15, 0.2) is 0 Å². The van der Waals surface area contributed by atoms with E-state index in [1.165, 1.54) is 25.7 Å². The van der Waals surface area contributed by atoms with Crippen molar-refractivity contribution in [1.82, 2.24) is 5.06 Å². The second-order valence-corrected chi connectivity index (χ2v) is 8.01. The Morgan fingerprint density at radius 3 is 2.62 bits per heavy atom. The first-order chi connectivity index (χ1) is 11.4. The minimum Gasteiger partial charge on any atom is -0.347 e. The van der Waals surface area contributed by atoms with Gasteiger partial charge in [0.25, 0.3) is 0 Å². The Morgan fingerprint density at radius 2 is 2.04 bits per heavy atom. The van der Waals surface area contributed by atoms with Gasteiger partial charge in [-0.15, -0.1) is 6.42 Å². The SMILES string of the molecule is C#CCN(CCC1COC2(CCC(C(C)(C)CCC)CC2)O1)OC. The van der Waals surface area contributed by atoms with Crippen LogP contribution in [0, 0.1) is 23.7 Å². The van der Waals surface area contributed by atoms with Crippen molar-refractivity contribution in [2.45, 2.75) is 77.6 Å². The normalized spacial score (nSPS) is 30.8. The number of rotatable bonds is 8. The van der Waals surface area contributed by atoms with Gasteiger partial charge in [0.05, 0.1) is 26.4 Å². The molecule has 1 saturated heterocycles. The Labute approximate surface area is 148 Å². The van der Waals surface area contributed by atoms with Crippen molar-refractivity contribution in [2.24, 2.45) is 11.3 Å². The van der Waals surface area contributed by atoms with Crippen LogP contribution in [0.2, 0.25) is 0 Å². The highest BCUT2D eigenvalue weighted by molar-refractivity contribution is 4.90. The van der Waals surface area contributed by atoms with E-state index in [0.717, 1.165) is 31.7 Å². The first kappa shape index (κ1) is 19.7. The Hall–Kier alpha value is -0.600. The lowest BCUT2D eigenvalue weighted by Gasteiger charge is -2.42. The molecule has 1 atom stereocenters. The van der Waals surface area contributed by atoms with Crippen LogP contribution in [0.5, 0.6) is 0 Å². The van der Waals surface area contributed by atoms with Crippen molar-refractivity contribution in [2.75, 3.05) is 26.8 Å². The topological polar surface area (TPSA) is 30.9 Å². The van der Waals surface area contributed by atoms with Crippen molar-refractivity contribution in [3.05, 3.63) is 0 Å². The number of hydrogen-bond acceptors (Lipinski definition) is 4. The second kappa shape index (κ2) is 8.67. The summed E-state index contributed by atoms with van der Waals surface area (Å²) < 4.78 is 12.4. The Morgan fingerprint density at radius 1 is 1.33 bits per heavy atom. The summed E-state index contributed by atoms with van der Waals surface area (Å²) in [6, 6.07) is 0. The van der Waals surface area contributed by atoms with E-state index >= 15 is 0 Å². The average molecular weight is 338 g/mol. The molecule has 0 amide bonds. The Bertz CT molecular complexity index is 421. The molecule has 1 saturated carbocycles. The van der Waals surface area contributed by atoms with E-state index in [9.17, 15) is 0 Å². The molecule has 2 aliphatic rings. The smallest absolute Gasteiger partial charge is 0.168 e. The van der Waals surface area contributed by atoms with Crippen LogP contribution in [0.25, 0.3) is 0 Å². The predicted molar refractivity (Wildman–Crippen MR) is 96.2 cm³/mol. The quantitative estimate of drug-likeness (QED) is 0.495. The van der Waals surface area contributed by atoms with E-state index in [-0.39, 0.29) is 11.9 Å². The summed E-state index contributed by atoms with van der Waals surface area (Å²) in [6.45, 7) is 9.09. The molecule has 0 bridgehead atoms. The number of nitrogens with zero attached hydrogens (tertiary/aromatic N) is 1. The fraction of sp³-hybridized carbons (Fsp3) is 0.900. The van der Waals surface area contributed by atoms with Gasteiger partial charge in [-0.1, -0.05) is 33.1 Å². The Kier molecular flexibility index (Phi) is 7.12. The summed E-state index contributed by atoms with van der Waals surface area (Å²) >= 11 is 0. The summed E-state index contributed by atoms with van der Waals surface area (Å²) in [4.78, 5) is 5.26. The highest BCUT2D eigenvalue weighted by atomic mass is 16.7. The molecule has 0 aromatic carbocycles. The molecule has 0 aromatic rings. The molecule has 1 aliphatic carbocycles. The fourth-order valence-corrected chi connectivity index (χ4v) is 4.33. The summed E-state index contributed by atoms with van der Waals surface area (Å²) in [5.74, 6) is 3.07. The lowest BCUT2D eigenvalue weighted by Crippen LogP contribution is -2.39. The summed E-state index contributed by atoms with van der Waals surface area (Å²) in [7, 11) is 1.66. The summed E-state index contributed by atoms with van der Waals surface area (Å²) in [5, 5.41) is 1.79. The van der Waals surface area contributed by atoms with Gasteiger partial charge in [0, 0.05) is 19.4 Å². The molecular formula is C20H35NO3. The zero-order valence-electron chi connectivity index (χ0n) is 16.0. The molecule has 1 spiro atoms. The van der Waals surface area contributed by atoms with Crippen molar-refractivity contribution < 1.29 is 14.3 Å². The average Bonchev–Trinajstić information content (AvgIpc) is 2.94. The first-order valence-corrected chi connectivity index (χ1v) is 9.49. The van der Waals surface area contributed by atoms with E-state index < -0.39 is 0 Å². The molecule has 0 radical (unpaired) electrons. The van der Waals surface area contributed by atoms with Gasteiger partial charge in [-0.3, -0.25) is 0 Å². The lowest BCUT2D eigenvalue weighted by atomic mass is 9.68. The number of hydroxylamine groups is 2. The molecule has 138 valence electrons. The van der Waals surface area contributed by atoms with Crippen LogP contribution in [0.3, 0.4) is 0 Å². The molecule has 2 rings (SSSR count). The molecule has 4 nitrogen and oxygen atoms in total. The van der Waals surface area contributed by atoms with E-state index in [1.807, 2.05) is 0 Å². The monoisotopic (exact) mass is 337 g/mol. The minimum absolute atomic E-state index is 0.153. The van der Waals surface area contributed by atoms with Gasteiger partial charge in [0.2, 0.25) is 0 Å². The van der Waals surface area contributed by atoms with E-state index in [1.54, 1.807) is 12.2 Å².